The van der Waals surface area contributed by atoms with E-state index in [4.69, 9.17) is 4.74 Å². The lowest BCUT2D eigenvalue weighted by molar-refractivity contribution is -0.123. The Morgan fingerprint density at radius 2 is 1.62 bits per heavy atom. The zero-order valence-electron chi connectivity index (χ0n) is 21.0. The van der Waals surface area contributed by atoms with Crippen molar-refractivity contribution in [2.24, 2.45) is 5.10 Å². The van der Waals surface area contributed by atoms with E-state index in [0.717, 1.165) is 33.6 Å². The molecule has 0 aromatic heterocycles. The quantitative estimate of drug-likeness (QED) is 0.432. The molecule has 5 nitrogen and oxygen atoms in total. The number of phenols is 1. The Kier molecular flexibility index (Phi) is 7.76. The number of aryl methyl sites for hydroxylation is 1. The van der Waals surface area contributed by atoms with Crippen molar-refractivity contribution in [1.29, 1.82) is 0 Å². The topological polar surface area (TPSA) is 70.9 Å². The maximum Gasteiger partial charge on any atom is 0.277 e. The fourth-order valence-corrected chi connectivity index (χ4v) is 3.47. The average Bonchev–Trinajstić information content (AvgIpc) is 2.65. The number of nitrogens with zero attached hydrogens (tertiary/aromatic N) is 1. The van der Waals surface area contributed by atoms with Gasteiger partial charge in [0.1, 0.15) is 11.5 Å². The molecule has 32 heavy (non-hydrogen) atoms. The summed E-state index contributed by atoms with van der Waals surface area (Å²) < 4.78 is 5.77. The first-order chi connectivity index (χ1) is 14.7. The van der Waals surface area contributed by atoms with Crippen molar-refractivity contribution in [1.82, 2.24) is 5.43 Å². The van der Waals surface area contributed by atoms with Crippen LogP contribution < -0.4 is 10.2 Å². The van der Waals surface area contributed by atoms with Crippen LogP contribution in [0.5, 0.6) is 11.5 Å². The molecule has 0 spiro atoms. The van der Waals surface area contributed by atoms with E-state index in [1.54, 1.807) is 6.21 Å². The Morgan fingerprint density at radius 3 is 2.12 bits per heavy atom. The van der Waals surface area contributed by atoms with Crippen LogP contribution in [0.4, 0.5) is 0 Å². The van der Waals surface area contributed by atoms with E-state index in [0.29, 0.717) is 11.7 Å². The lowest BCUT2D eigenvalue weighted by Crippen LogP contribution is -2.25. The van der Waals surface area contributed by atoms with Crippen LogP contribution in [0.25, 0.3) is 0 Å². The van der Waals surface area contributed by atoms with Gasteiger partial charge in [0.15, 0.2) is 6.61 Å². The first-order valence-electron chi connectivity index (χ1n) is 11.1. The molecule has 0 saturated carbocycles. The maximum atomic E-state index is 12.3. The summed E-state index contributed by atoms with van der Waals surface area (Å²) in [6, 6.07) is 9.86. The fourth-order valence-electron chi connectivity index (χ4n) is 3.47. The van der Waals surface area contributed by atoms with Crippen molar-refractivity contribution >= 4 is 12.1 Å². The summed E-state index contributed by atoms with van der Waals surface area (Å²) in [5.41, 5.74) is 6.75. The molecule has 0 saturated heterocycles. The van der Waals surface area contributed by atoms with Crippen LogP contribution in [0.3, 0.4) is 0 Å². The molecule has 0 atom stereocenters. The zero-order valence-corrected chi connectivity index (χ0v) is 21.0. The van der Waals surface area contributed by atoms with Gasteiger partial charge in [0.2, 0.25) is 0 Å². The molecule has 0 heterocycles. The average molecular weight is 439 g/mol. The number of amides is 1. The number of nitrogens with one attached hydrogen (secondary N) is 1. The number of benzene rings is 2. The van der Waals surface area contributed by atoms with Gasteiger partial charge >= 0.3 is 0 Å². The zero-order chi connectivity index (χ0) is 24.3. The van der Waals surface area contributed by atoms with Crippen LogP contribution in [0, 0.1) is 6.92 Å². The normalized spacial score (nSPS) is 12.4. The van der Waals surface area contributed by atoms with Crippen molar-refractivity contribution in [2.75, 3.05) is 6.61 Å². The van der Waals surface area contributed by atoms with Gasteiger partial charge < -0.3 is 9.84 Å². The molecule has 1 amide bonds. The van der Waals surface area contributed by atoms with Crippen LogP contribution >= 0.6 is 0 Å². The van der Waals surface area contributed by atoms with Crippen molar-refractivity contribution in [3.8, 4) is 11.5 Å². The first-order valence-corrected chi connectivity index (χ1v) is 11.1. The first kappa shape index (κ1) is 25.4. The summed E-state index contributed by atoms with van der Waals surface area (Å²) in [5, 5.41) is 14.9. The molecule has 0 unspecified atom stereocenters. The minimum Gasteiger partial charge on any atom is -0.507 e. The van der Waals surface area contributed by atoms with E-state index in [1.807, 2.05) is 37.3 Å². The van der Waals surface area contributed by atoms with Crippen LogP contribution in [-0.2, 0) is 15.6 Å². The maximum absolute atomic E-state index is 12.3. The second kappa shape index (κ2) is 9.76. The molecular weight excluding hydrogens is 400 g/mol. The smallest absolute Gasteiger partial charge is 0.277 e. The van der Waals surface area contributed by atoms with Gasteiger partial charge in [-0.3, -0.25) is 4.79 Å². The number of aromatic hydroxyl groups is 1. The summed E-state index contributed by atoms with van der Waals surface area (Å²) in [5.74, 6) is 1.01. The highest BCUT2D eigenvalue weighted by atomic mass is 16.5. The number of carbonyl (C=O) groups excluding carboxylic acids is 1. The van der Waals surface area contributed by atoms with Gasteiger partial charge in [0.05, 0.1) is 6.21 Å². The SMILES string of the molecule is Cc1ccc(C(C)C)c(OCC(=O)NN=Cc2cc(C(C)(C)C)c(O)c(C(C)(C)C)c2)c1. The van der Waals surface area contributed by atoms with Crippen LogP contribution in [0.2, 0.25) is 0 Å². The van der Waals surface area contributed by atoms with Gasteiger partial charge in [0, 0.05) is 11.1 Å². The minimum absolute atomic E-state index is 0.115. The largest absolute Gasteiger partial charge is 0.507 e. The molecular formula is C27H38N2O3. The Labute approximate surface area is 192 Å². The van der Waals surface area contributed by atoms with E-state index in [9.17, 15) is 9.90 Å². The van der Waals surface area contributed by atoms with Gasteiger partial charge in [-0.25, -0.2) is 5.43 Å². The van der Waals surface area contributed by atoms with Crippen LogP contribution in [-0.4, -0.2) is 23.8 Å². The fraction of sp³-hybridized carbons (Fsp3) is 0.481. The summed E-state index contributed by atoms with van der Waals surface area (Å²) in [4.78, 5) is 12.3. The van der Waals surface area contributed by atoms with Gasteiger partial charge in [-0.05, 0) is 58.6 Å². The van der Waals surface area contributed by atoms with Crippen LogP contribution in [0.1, 0.15) is 89.1 Å². The third-order valence-corrected chi connectivity index (χ3v) is 5.30. The van der Waals surface area contributed by atoms with Gasteiger partial charge in [-0.1, -0.05) is 67.5 Å². The number of hydrogen-bond acceptors (Lipinski definition) is 4. The van der Waals surface area contributed by atoms with Gasteiger partial charge in [-0.2, -0.15) is 5.10 Å². The lowest BCUT2D eigenvalue weighted by Gasteiger charge is -2.27. The van der Waals surface area contributed by atoms with E-state index in [1.165, 1.54) is 0 Å². The molecule has 0 fully saturated rings. The number of rotatable bonds is 6. The monoisotopic (exact) mass is 438 g/mol. The predicted octanol–water partition coefficient (Wildman–Crippen LogP) is 5.95. The second-order valence-electron chi connectivity index (χ2n) is 10.7. The molecule has 0 bridgehead atoms. The molecule has 0 aliphatic rings. The Bertz CT molecular complexity index is 958. The second-order valence-corrected chi connectivity index (χ2v) is 10.7. The standard InChI is InChI=1S/C27H38N2O3/c1-17(2)20-11-10-18(3)12-23(20)32-16-24(30)29-28-15-19-13-21(26(4,5)6)25(31)22(14-19)27(7,8)9/h10-15,17,31H,16H2,1-9H3,(H,29,30). The van der Waals surface area contributed by atoms with Gasteiger partial charge in [0.25, 0.3) is 5.91 Å². The summed E-state index contributed by atoms with van der Waals surface area (Å²) in [6.45, 7) is 18.4. The molecule has 5 heteroatoms. The molecule has 2 aromatic carbocycles. The Balaban J connectivity index is 2.14. The molecule has 174 valence electrons. The third kappa shape index (κ3) is 6.59. The van der Waals surface area contributed by atoms with E-state index < -0.39 is 0 Å². The van der Waals surface area contributed by atoms with Crippen molar-refractivity contribution < 1.29 is 14.6 Å². The third-order valence-electron chi connectivity index (χ3n) is 5.30. The Morgan fingerprint density at radius 1 is 1.06 bits per heavy atom. The predicted molar refractivity (Wildman–Crippen MR) is 132 cm³/mol. The van der Waals surface area contributed by atoms with E-state index in [-0.39, 0.29) is 23.3 Å². The highest BCUT2D eigenvalue weighted by Gasteiger charge is 2.26. The van der Waals surface area contributed by atoms with Gasteiger partial charge in [-0.15, -0.1) is 0 Å². The van der Waals surface area contributed by atoms with E-state index >= 15 is 0 Å². The molecule has 2 rings (SSSR count). The van der Waals surface area contributed by atoms with Crippen LogP contribution in [0.15, 0.2) is 35.4 Å². The highest BCUT2D eigenvalue weighted by molar-refractivity contribution is 5.84. The molecule has 2 aromatic rings. The number of ether oxygens (including phenoxy) is 1. The minimum atomic E-state index is -0.330. The summed E-state index contributed by atoms with van der Waals surface area (Å²) in [6.07, 6.45) is 1.61. The highest BCUT2D eigenvalue weighted by Crippen LogP contribution is 2.39. The molecule has 0 radical (unpaired) electrons. The number of phenolic OH excluding ortho intramolecular Hbond substituents is 1. The molecule has 0 aliphatic carbocycles. The number of carbonyl (C=O) groups is 1. The van der Waals surface area contributed by atoms with Crippen molar-refractivity contribution in [3.63, 3.8) is 0 Å². The van der Waals surface area contributed by atoms with E-state index in [2.05, 4.69) is 65.9 Å². The van der Waals surface area contributed by atoms with Crippen molar-refractivity contribution in [2.45, 2.75) is 79.1 Å². The molecule has 2 N–H and O–H groups in total. The summed E-state index contributed by atoms with van der Waals surface area (Å²) >= 11 is 0. The summed E-state index contributed by atoms with van der Waals surface area (Å²) in [7, 11) is 0. The lowest BCUT2D eigenvalue weighted by atomic mass is 9.78. The van der Waals surface area contributed by atoms with Crippen molar-refractivity contribution in [3.05, 3.63) is 58.1 Å². The Hall–Kier alpha value is -2.82. The number of hydrogen-bond donors (Lipinski definition) is 2. The number of hydrazone groups is 1. The molecule has 0 aliphatic heterocycles.